The van der Waals surface area contributed by atoms with Gasteiger partial charge in [0, 0.05) is 19.3 Å². The molecule has 1 aromatic carbocycles. The molecule has 5 heteroatoms. The first-order valence-corrected chi connectivity index (χ1v) is 6.66. The monoisotopic (exact) mass is 264 g/mol. The Hall–Kier alpha value is -1.59. The number of aliphatic imine (C=N–C) groups is 1. The molecule has 0 unspecified atom stereocenters. The number of hydrazine groups is 1. The Kier molecular flexibility index (Phi) is 7.62. The van der Waals surface area contributed by atoms with Crippen LogP contribution < -0.4 is 16.2 Å². The van der Waals surface area contributed by atoms with Gasteiger partial charge in [-0.25, -0.2) is 10.8 Å². The molecular formula is C14H24N4O. The van der Waals surface area contributed by atoms with Crippen LogP contribution in [0.1, 0.15) is 19.8 Å². The van der Waals surface area contributed by atoms with Crippen LogP contribution in [-0.2, 0) is 4.74 Å². The Morgan fingerprint density at radius 2 is 2.11 bits per heavy atom. The van der Waals surface area contributed by atoms with Crippen LogP contribution in [0.2, 0.25) is 0 Å². The Morgan fingerprint density at radius 3 is 2.68 bits per heavy atom. The predicted molar refractivity (Wildman–Crippen MR) is 80.2 cm³/mol. The molecule has 0 aliphatic rings. The van der Waals surface area contributed by atoms with E-state index in [1.165, 1.54) is 0 Å². The lowest BCUT2D eigenvalue weighted by atomic mass is 10.2. The van der Waals surface area contributed by atoms with E-state index in [2.05, 4.69) is 34.4 Å². The average molecular weight is 264 g/mol. The molecule has 0 bridgehead atoms. The summed E-state index contributed by atoms with van der Waals surface area (Å²) in [6, 6.07) is 10.1. The number of benzene rings is 1. The van der Waals surface area contributed by atoms with Crippen molar-refractivity contribution >= 4 is 11.6 Å². The van der Waals surface area contributed by atoms with Crippen LogP contribution >= 0.6 is 0 Å². The first-order chi connectivity index (χ1) is 9.33. The lowest BCUT2D eigenvalue weighted by molar-refractivity contribution is 0.208. The number of rotatable bonds is 7. The molecule has 1 aromatic rings. The average Bonchev–Trinajstić information content (AvgIpc) is 2.47. The fourth-order valence-corrected chi connectivity index (χ4v) is 1.73. The molecule has 5 nitrogen and oxygen atoms in total. The SMILES string of the molecule is CCCCN(C(=NCCOC)NN)c1ccccc1. The molecule has 3 N–H and O–H groups in total. The van der Waals surface area contributed by atoms with Crippen LogP contribution in [0.15, 0.2) is 35.3 Å². The summed E-state index contributed by atoms with van der Waals surface area (Å²) in [6.45, 7) is 4.23. The molecule has 0 atom stereocenters. The summed E-state index contributed by atoms with van der Waals surface area (Å²) in [7, 11) is 1.66. The van der Waals surface area contributed by atoms with E-state index in [0.717, 1.165) is 25.1 Å². The second-order valence-electron chi connectivity index (χ2n) is 4.18. The van der Waals surface area contributed by atoms with Gasteiger partial charge in [0.2, 0.25) is 5.96 Å². The van der Waals surface area contributed by atoms with E-state index < -0.39 is 0 Å². The molecule has 19 heavy (non-hydrogen) atoms. The van der Waals surface area contributed by atoms with Crippen molar-refractivity contribution in [2.45, 2.75) is 19.8 Å². The summed E-state index contributed by atoms with van der Waals surface area (Å²) in [5, 5.41) is 0. The number of nitrogens with one attached hydrogen (secondary N) is 1. The van der Waals surface area contributed by atoms with Gasteiger partial charge in [-0.1, -0.05) is 31.5 Å². The molecule has 0 aromatic heterocycles. The number of methoxy groups -OCH3 is 1. The van der Waals surface area contributed by atoms with Gasteiger partial charge in [0.25, 0.3) is 0 Å². The van der Waals surface area contributed by atoms with Crippen molar-refractivity contribution < 1.29 is 4.74 Å². The van der Waals surface area contributed by atoms with Crippen molar-refractivity contribution in [1.82, 2.24) is 5.43 Å². The minimum atomic E-state index is 0.585. The van der Waals surface area contributed by atoms with Crippen molar-refractivity contribution in [3.63, 3.8) is 0 Å². The highest BCUT2D eigenvalue weighted by Crippen LogP contribution is 2.14. The maximum Gasteiger partial charge on any atom is 0.213 e. The van der Waals surface area contributed by atoms with Crippen molar-refractivity contribution in [3.8, 4) is 0 Å². The standard InChI is InChI=1S/C14H24N4O/c1-3-4-11-18(13-8-6-5-7-9-13)14(17-15)16-10-12-19-2/h5-9H,3-4,10-12,15H2,1-2H3,(H,16,17). The predicted octanol–water partition coefficient (Wildman–Crippen LogP) is 1.76. The number of para-hydroxylation sites is 1. The number of unbranched alkanes of at least 4 members (excludes halogenated alkanes) is 1. The van der Waals surface area contributed by atoms with Gasteiger partial charge in [0.15, 0.2) is 0 Å². The molecule has 0 heterocycles. The van der Waals surface area contributed by atoms with Gasteiger partial charge >= 0.3 is 0 Å². The van der Waals surface area contributed by atoms with Crippen LogP contribution in [0.4, 0.5) is 5.69 Å². The smallest absolute Gasteiger partial charge is 0.213 e. The minimum absolute atomic E-state index is 0.585. The molecular weight excluding hydrogens is 240 g/mol. The lowest BCUT2D eigenvalue weighted by Crippen LogP contribution is -2.45. The summed E-state index contributed by atoms with van der Waals surface area (Å²) in [5.74, 6) is 6.28. The molecule has 0 aliphatic carbocycles. The fraction of sp³-hybridized carbons (Fsp3) is 0.500. The van der Waals surface area contributed by atoms with Gasteiger partial charge in [0.1, 0.15) is 0 Å². The van der Waals surface area contributed by atoms with E-state index in [-0.39, 0.29) is 0 Å². The van der Waals surface area contributed by atoms with Crippen molar-refractivity contribution in [1.29, 1.82) is 0 Å². The highest BCUT2D eigenvalue weighted by atomic mass is 16.5. The third-order valence-electron chi connectivity index (χ3n) is 2.74. The molecule has 0 saturated heterocycles. The maximum absolute atomic E-state index is 5.60. The van der Waals surface area contributed by atoms with Gasteiger partial charge in [0.05, 0.1) is 13.2 Å². The lowest BCUT2D eigenvalue weighted by Gasteiger charge is -2.25. The van der Waals surface area contributed by atoms with Crippen molar-refractivity contribution in [2.24, 2.45) is 10.8 Å². The largest absolute Gasteiger partial charge is 0.383 e. The number of anilines is 1. The zero-order valence-electron chi connectivity index (χ0n) is 11.8. The Balaban J connectivity index is 2.84. The second-order valence-corrected chi connectivity index (χ2v) is 4.18. The minimum Gasteiger partial charge on any atom is -0.383 e. The van der Waals surface area contributed by atoms with Crippen molar-refractivity contribution in [2.75, 3.05) is 31.7 Å². The first-order valence-electron chi connectivity index (χ1n) is 6.66. The van der Waals surface area contributed by atoms with E-state index in [1.54, 1.807) is 7.11 Å². The third-order valence-corrected chi connectivity index (χ3v) is 2.74. The summed E-state index contributed by atoms with van der Waals surface area (Å²) in [5.41, 5.74) is 3.78. The van der Waals surface area contributed by atoms with Crippen LogP contribution in [0.3, 0.4) is 0 Å². The number of guanidine groups is 1. The van der Waals surface area contributed by atoms with E-state index in [0.29, 0.717) is 19.1 Å². The Labute approximate surface area is 115 Å². The molecule has 1 rings (SSSR count). The first kappa shape index (κ1) is 15.5. The normalized spacial score (nSPS) is 11.4. The van der Waals surface area contributed by atoms with E-state index in [4.69, 9.17) is 10.6 Å². The quantitative estimate of drug-likeness (QED) is 0.259. The maximum atomic E-state index is 5.60. The highest BCUT2D eigenvalue weighted by Gasteiger charge is 2.11. The van der Waals surface area contributed by atoms with Gasteiger partial charge in [-0.3, -0.25) is 5.43 Å². The molecule has 0 spiro atoms. The molecule has 0 fully saturated rings. The molecule has 0 amide bonds. The van der Waals surface area contributed by atoms with Crippen LogP contribution in [-0.4, -0.2) is 32.8 Å². The highest BCUT2D eigenvalue weighted by molar-refractivity contribution is 5.95. The summed E-state index contributed by atoms with van der Waals surface area (Å²) >= 11 is 0. The van der Waals surface area contributed by atoms with Crippen LogP contribution in [0, 0.1) is 0 Å². The molecule has 106 valence electrons. The van der Waals surface area contributed by atoms with Crippen molar-refractivity contribution in [3.05, 3.63) is 30.3 Å². The third kappa shape index (κ3) is 5.28. The van der Waals surface area contributed by atoms with Crippen LogP contribution in [0.25, 0.3) is 0 Å². The number of nitrogens with zero attached hydrogens (tertiary/aromatic N) is 2. The number of hydrogen-bond acceptors (Lipinski definition) is 3. The van der Waals surface area contributed by atoms with E-state index in [9.17, 15) is 0 Å². The summed E-state index contributed by atoms with van der Waals surface area (Å²) in [4.78, 5) is 6.54. The van der Waals surface area contributed by atoms with E-state index >= 15 is 0 Å². The van der Waals surface area contributed by atoms with Gasteiger partial charge in [-0.15, -0.1) is 0 Å². The zero-order valence-corrected chi connectivity index (χ0v) is 11.8. The number of nitrogens with two attached hydrogens (primary N) is 1. The second kappa shape index (κ2) is 9.35. The Morgan fingerprint density at radius 1 is 1.37 bits per heavy atom. The fourth-order valence-electron chi connectivity index (χ4n) is 1.73. The Bertz CT molecular complexity index is 367. The molecule has 0 radical (unpaired) electrons. The number of hydrogen-bond donors (Lipinski definition) is 2. The summed E-state index contributed by atoms with van der Waals surface area (Å²) < 4.78 is 5.01. The van der Waals surface area contributed by atoms with E-state index in [1.807, 2.05) is 18.2 Å². The summed E-state index contributed by atoms with van der Waals surface area (Å²) in [6.07, 6.45) is 2.21. The molecule has 0 aliphatic heterocycles. The van der Waals surface area contributed by atoms with Crippen LogP contribution in [0.5, 0.6) is 0 Å². The number of ether oxygens (including phenoxy) is 1. The van der Waals surface area contributed by atoms with Gasteiger partial charge in [-0.2, -0.15) is 0 Å². The molecule has 0 saturated carbocycles. The topological polar surface area (TPSA) is 62.9 Å². The van der Waals surface area contributed by atoms with Gasteiger partial charge in [-0.05, 0) is 18.6 Å². The zero-order chi connectivity index (χ0) is 13.9. The van der Waals surface area contributed by atoms with Gasteiger partial charge < -0.3 is 9.64 Å².